The lowest BCUT2D eigenvalue weighted by Gasteiger charge is -2.19. The first-order valence-corrected chi connectivity index (χ1v) is 7.23. The predicted molar refractivity (Wildman–Crippen MR) is 80.5 cm³/mol. The number of benzene rings is 1. The van der Waals surface area contributed by atoms with Crippen LogP contribution in [0.4, 0.5) is 0 Å². The Morgan fingerprint density at radius 3 is 2.95 bits per heavy atom. The lowest BCUT2D eigenvalue weighted by Crippen LogP contribution is -2.09. The van der Waals surface area contributed by atoms with E-state index in [0.717, 1.165) is 24.3 Å². The maximum absolute atomic E-state index is 11.6. The Labute approximate surface area is 124 Å². The number of esters is 1. The van der Waals surface area contributed by atoms with Crippen LogP contribution in [-0.2, 0) is 28.9 Å². The van der Waals surface area contributed by atoms with E-state index in [9.17, 15) is 4.79 Å². The van der Waals surface area contributed by atoms with Crippen LogP contribution < -0.4 is 4.74 Å². The number of aromatic nitrogens is 1. The fourth-order valence-electron chi connectivity index (χ4n) is 2.85. The van der Waals surface area contributed by atoms with Crippen molar-refractivity contribution in [2.75, 3.05) is 13.7 Å². The summed E-state index contributed by atoms with van der Waals surface area (Å²) in [5.74, 6) is 0.718. The molecule has 0 unspecified atom stereocenters. The van der Waals surface area contributed by atoms with Gasteiger partial charge in [-0.1, -0.05) is 0 Å². The van der Waals surface area contributed by atoms with E-state index in [-0.39, 0.29) is 5.97 Å². The molecule has 0 radical (unpaired) electrons. The second kappa shape index (κ2) is 5.64. The van der Waals surface area contributed by atoms with Gasteiger partial charge in [0.15, 0.2) is 0 Å². The highest BCUT2D eigenvalue weighted by atomic mass is 16.5. The number of methoxy groups -OCH3 is 1. The number of nitrogens with zero attached hydrogens (tertiary/aromatic N) is 1. The number of carbonyl (C=O) groups excluding carboxylic acids is 1. The second-order valence-corrected chi connectivity index (χ2v) is 5.18. The molecule has 0 saturated carbocycles. The van der Waals surface area contributed by atoms with Crippen LogP contribution >= 0.6 is 0 Å². The van der Waals surface area contributed by atoms with Crippen LogP contribution in [0.1, 0.15) is 18.1 Å². The van der Waals surface area contributed by atoms with Crippen molar-refractivity contribution in [1.82, 2.24) is 4.57 Å². The molecule has 0 aliphatic carbocycles. The van der Waals surface area contributed by atoms with Crippen LogP contribution in [-0.4, -0.2) is 24.3 Å². The van der Waals surface area contributed by atoms with Crippen molar-refractivity contribution in [3.8, 4) is 17.0 Å². The van der Waals surface area contributed by atoms with E-state index in [4.69, 9.17) is 9.47 Å². The maximum Gasteiger partial charge on any atom is 0.310 e. The predicted octanol–water partition coefficient (Wildman–Crippen LogP) is 2.83. The lowest BCUT2D eigenvalue weighted by molar-refractivity contribution is -0.142. The molecular weight excluding hydrogens is 266 g/mol. The Morgan fingerprint density at radius 2 is 2.19 bits per heavy atom. The monoisotopic (exact) mass is 285 g/mol. The van der Waals surface area contributed by atoms with Gasteiger partial charge in [-0.2, -0.15) is 0 Å². The summed E-state index contributed by atoms with van der Waals surface area (Å²) in [7, 11) is 1.69. The fourth-order valence-corrected chi connectivity index (χ4v) is 2.85. The van der Waals surface area contributed by atoms with E-state index < -0.39 is 0 Å². The first kappa shape index (κ1) is 13.7. The number of hydrogen-bond donors (Lipinski definition) is 0. The quantitative estimate of drug-likeness (QED) is 0.811. The Kier molecular flexibility index (Phi) is 3.69. The van der Waals surface area contributed by atoms with Crippen molar-refractivity contribution in [3.63, 3.8) is 0 Å². The molecule has 4 heteroatoms. The van der Waals surface area contributed by atoms with Gasteiger partial charge in [-0.05, 0) is 48.7 Å². The molecule has 0 bridgehead atoms. The van der Waals surface area contributed by atoms with E-state index >= 15 is 0 Å². The molecule has 1 aromatic carbocycles. The van der Waals surface area contributed by atoms with E-state index in [1.807, 2.05) is 13.0 Å². The van der Waals surface area contributed by atoms with Gasteiger partial charge in [0.05, 0.1) is 20.1 Å². The molecule has 0 fully saturated rings. The summed E-state index contributed by atoms with van der Waals surface area (Å²) in [5.41, 5.74) is 4.69. The summed E-state index contributed by atoms with van der Waals surface area (Å²) in [6.45, 7) is 3.18. The van der Waals surface area contributed by atoms with Crippen molar-refractivity contribution in [1.29, 1.82) is 0 Å². The summed E-state index contributed by atoms with van der Waals surface area (Å²) >= 11 is 0. The van der Waals surface area contributed by atoms with Crippen LogP contribution in [0.25, 0.3) is 11.3 Å². The highest BCUT2D eigenvalue weighted by Gasteiger charge is 2.18. The third-order valence-corrected chi connectivity index (χ3v) is 3.82. The lowest BCUT2D eigenvalue weighted by atomic mass is 9.98. The zero-order valence-electron chi connectivity index (χ0n) is 12.4. The van der Waals surface area contributed by atoms with E-state index in [2.05, 4.69) is 29.0 Å². The second-order valence-electron chi connectivity index (χ2n) is 5.18. The number of rotatable bonds is 4. The highest BCUT2D eigenvalue weighted by Crippen LogP contribution is 2.33. The maximum atomic E-state index is 11.6. The normalized spacial score (nSPS) is 12.5. The van der Waals surface area contributed by atoms with Gasteiger partial charge < -0.3 is 14.0 Å². The van der Waals surface area contributed by atoms with Crippen molar-refractivity contribution in [2.24, 2.45) is 0 Å². The molecule has 1 aliphatic rings. The number of hydrogen-bond acceptors (Lipinski definition) is 3. The molecule has 0 spiro atoms. The molecule has 0 saturated heterocycles. The van der Waals surface area contributed by atoms with Crippen LogP contribution in [0.15, 0.2) is 30.5 Å². The third kappa shape index (κ3) is 2.66. The minimum atomic E-state index is -0.171. The van der Waals surface area contributed by atoms with Crippen LogP contribution in [0.3, 0.4) is 0 Å². The number of ether oxygens (including phenoxy) is 2. The SMILES string of the molecule is CCOC(=O)Cc1cc2n(c1)CCc1cc(OC)ccc1-2. The van der Waals surface area contributed by atoms with Gasteiger partial charge in [0, 0.05) is 24.0 Å². The molecule has 3 rings (SSSR count). The van der Waals surface area contributed by atoms with Crippen molar-refractivity contribution >= 4 is 5.97 Å². The molecule has 2 heterocycles. The summed E-state index contributed by atoms with van der Waals surface area (Å²) in [6, 6.07) is 8.25. The van der Waals surface area contributed by atoms with Gasteiger partial charge in [-0.15, -0.1) is 0 Å². The minimum absolute atomic E-state index is 0.171. The first-order chi connectivity index (χ1) is 10.2. The van der Waals surface area contributed by atoms with E-state index in [0.29, 0.717) is 13.0 Å². The Hall–Kier alpha value is -2.23. The molecule has 21 heavy (non-hydrogen) atoms. The van der Waals surface area contributed by atoms with E-state index in [1.54, 1.807) is 7.11 Å². The van der Waals surface area contributed by atoms with Crippen LogP contribution in [0.5, 0.6) is 5.75 Å². The molecular formula is C17H19NO3. The fraction of sp³-hybridized carbons (Fsp3) is 0.353. The molecule has 4 nitrogen and oxygen atoms in total. The van der Waals surface area contributed by atoms with Gasteiger partial charge in [0.25, 0.3) is 0 Å². The smallest absolute Gasteiger partial charge is 0.310 e. The average molecular weight is 285 g/mol. The summed E-state index contributed by atoms with van der Waals surface area (Å²) in [6.07, 6.45) is 3.37. The largest absolute Gasteiger partial charge is 0.497 e. The van der Waals surface area contributed by atoms with Crippen LogP contribution in [0.2, 0.25) is 0 Å². The summed E-state index contributed by atoms with van der Waals surface area (Å²) in [4.78, 5) is 11.6. The molecule has 1 aliphatic heterocycles. The molecule has 1 aromatic heterocycles. The summed E-state index contributed by atoms with van der Waals surface area (Å²) < 4.78 is 12.5. The van der Waals surface area contributed by atoms with Gasteiger partial charge in [-0.25, -0.2) is 0 Å². The molecule has 0 atom stereocenters. The van der Waals surface area contributed by atoms with Crippen molar-refractivity contribution in [3.05, 3.63) is 41.6 Å². The first-order valence-electron chi connectivity index (χ1n) is 7.23. The number of fused-ring (bicyclic) bond motifs is 3. The average Bonchev–Trinajstić information content (AvgIpc) is 2.89. The number of carbonyl (C=O) groups is 1. The zero-order valence-corrected chi connectivity index (χ0v) is 12.4. The van der Waals surface area contributed by atoms with Crippen LogP contribution in [0, 0.1) is 0 Å². The Bertz CT molecular complexity index is 673. The Balaban J connectivity index is 1.90. The highest BCUT2D eigenvalue weighted by molar-refractivity contribution is 5.74. The van der Waals surface area contributed by atoms with Gasteiger partial charge in [0.2, 0.25) is 0 Å². The van der Waals surface area contributed by atoms with Gasteiger partial charge in [0.1, 0.15) is 5.75 Å². The topological polar surface area (TPSA) is 40.5 Å². The molecule has 0 N–H and O–H groups in total. The molecule has 0 amide bonds. The van der Waals surface area contributed by atoms with Crippen molar-refractivity contribution in [2.45, 2.75) is 26.3 Å². The summed E-state index contributed by atoms with van der Waals surface area (Å²) in [5, 5.41) is 0. The minimum Gasteiger partial charge on any atom is -0.497 e. The Morgan fingerprint density at radius 1 is 1.33 bits per heavy atom. The van der Waals surface area contributed by atoms with E-state index in [1.165, 1.54) is 16.8 Å². The third-order valence-electron chi connectivity index (χ3n) is 3.82. The number of aryl methyl sites for hydroxylation is 2. The molecule has 110 valence electrons. The standard InChI is InChI=1S/C17H19NO3/c1-3-21-17(19)9-12-8-16-15-5-4-14(20-2)10-13(15)6-7-18(16)11-12/h4-5,8,10-11H,3,6-7,9H2,1-2H3. The van der Waals surface area contributed by atoms with Crippen molar-refractivity contribution < 1.29 is 14.3 Å². The van der Waals surface area contributed by atoms with Gasteiger partial charge >= 0.3 is 5.97 Å². The zero-order chi connectivity index (χ0) is 14.8. The van der Waals surface area contributed by atoms with Gasteiger partial charge in [-0.3, -0.25) is 4.79 Å². The molecule has 2 aromatic rings.